The molecule has 3 rings (SSSR count). The Kier molecular flexibility index (Phi) is 4.40. The third-order valence-corrected chi connectivity index (χ3v) is 5.60. The van der Waals surface area contributed by atoms with Crippen LogP contribution < -0.4 is 11.3 Å². The van der Waals surface area contributed by atoms with Gasteiger partial charge in [0, 0.05) is 40.9 Å². The van der Waals surface area contributed by atoms with Gasteiger partial charge in [0.2, 0.25) is 0 Å². The van der Waals surface area contributed by atoms with Crippen LogP contribution in [-0.2, 0) is 6.42 Å². The third-order valence-electron chi connectivity index (χ3n) is 5.14. The summed E-state index contributed by atoms with van der Waals surface area (Å²) in [6.45, 7) is 0. The second kappa shape index (κ2) is 6.10. The Hall–Kier alpha value is -0.490. The lowest BCUT2D eigenvalue weighted by Crippen LogP contribution is -2.49. The number of nitrogens with one attached hydrogen (secondary N) is 1. The molecule has 2 aliphatic rings. The molecule has 2 aliphatic heterocycles. The van der Waals surface area contributed by atoms with Crippen LogP contribution in [-0.4, -0.2) is 35.1 Å². The van der Waals surface area contributed by atoms with Gasteiger partial charge >= 0.3 is 0 Å². The molecule has 2 fully saturated rings. The molecule has 0 amide bonds. The van der Waals surface area contributed by atoms with Gasteiger partial charge in [-0.2, -0.15) is 0 Å². The molecule has 0 aliphatic carbocycles. The molecule has 110 valence electrons. The maximum atomic E-state index is 5.83. The minimum atomic E-state index is 0.334. The summed E-state index contributed by atoms with van der Waals surface area (Å²) in [5.41, 5.74) is 4.16. The molecule has 2 bridgehead atoms. The van der Waals surface area contributed by atoms with Gasteiger partial charge in [0.05, 0.1) is 0 Å². The zero-order chi connectivity index (χ0) is 14.1. The number of fused-ring (bicyclic) bond motifs is 2. The Morgan fingerprint density at radius 1 is 1.40 bits per heavy atom. The van der Waals surface area contributed by atoms with Gasteiger partial charge in [0.25, 0.3) is 0 Å². The molecule has 3 N–H and O–H groups in total. The molecule has 1 aromatic heterocycles. The van der Waals surface area contributed by atoms with Crippen LogP contribution in [0.2, 0.25) is 0 Å². The number of hydrazine groups is 1. The van der Waals surface area contributed by atoms with E-state index >= 15 is 0 Å². The zero-order valence-corrected chi connectivity index (χ0v) is 13.5. The van der Waals surface area contributed by atoms with E-state index in [1.807, 2.05) is 12.3 Å². The predicted octanol–water partition coefficient (Wildman–Crippen LogP) is 2.09. The maximum absolute atomic E-state index is 5.83. The topological polar surface area (TPSA) is 54.2 Å². The Bertz CT molecular complexity index is 436. The van der Waals surface area contributed by atoms with Crippen molar-refractivity contribution in [1.29, 1.82) is 0 Å². The highest BCUT2D eigenvalue weighted by molar-refractivity contribution is 9.10. The fraction of sp³-hybridized carbons (Fsp3) is 0.667. The standard InChI is InChI=1S/C15H23BrN4/c1-20-13-4-5-14(20)7-10(6-13)15(19-17)8-12-3-2-11(16)9-18-12/h2-3,9-10,13-15,19H,4-8,17H2,1H3. The Balaban J connectivity index is 1.66. The van der Waals surface area contributed by atoms with Crippen LogP contribution in [0.1, 0.15) is 31.4 Å². The van der Waals surface area contributed by atoms with Crippen LogP contribution in [0, 0.1) is 5.92 Å². The molecule has 0 saturated carbocycles. The summed E-state index contributed by atoms with van der Waals surface area (Å²) < 4.78 is 1.02. The number of pyridine rings is 1. The first-order valence-corrected chi connectivity index (χ1v) is 8.25. The second-order valence-corrected chi connectivity index (χ2v) is 7.14. The Morgan fingerprint density at radius 3 is 2.65 bits per heavy atom. The van der Waals surface area contributed by atoms with Gasteiger partial charge in [0.15, 0.2) is 0 Å². The zero-order valence-electron chi connectivity index (χ0n) is 11.9. The van der Waals surface area contributed by atoms with Gasteiger partial charge < -0.3 is 4.90 Å². The van der Waals surface area contributed by atoms with Crippen molar-refractivity contribution in [1.82, 2.24) is 15.3 Å². The van der Waals surface area contributed by atoms with Crippen molar-refractivity contribution in [3.63, 3.8) is 0 Å². The van der Waals surface area contributed by atoms with E-state index in [0.717, 1.165) is 28.7 Å². The molecular formula is C15H23BrN4. The number of nitrogens with zero attached hydrogens (tertiary/aromatic N) is 2. The van der Waals surface area contributed by atoms with Crippen molar-refractivity contribution in [3.8, 4) is 0 Å². The lowest BCUT2D eigenvalue weighted by atomic mass is 9.83. The van der Waals surface area contributed by atoms with E-state index in [2.05, 4.69) is 44.4 Å². The monoisotopic (exact) mass is 338 g/mol. The highest BCUT2D eigenvalue weighted by atomic mass is 79.9. The van der Waals surface area contributed by atoms with Gasteiger partial charge in [-0.25, -0.2) is 0 Å². The first-order chi connectivity index (χ1) is 9.67. The fourth-order valence-electron chi connectivity index (χ4n) is 3.90. The molecule has 3 unspecified atom stereocenters. The molecule has 5 heteroatoms. The first-order valence-electron chi connectivity index (χ1n) is 7.46. The summed E-state index contributed by atoms with van der Waals surface area (Å²) in [6, 6.07) is 5.98. The molecule has 0 radical (unpaired) electrons. The molecule has 3 heterocycles. The highest BCUT2D eigenvalue weighted by Gasteiger charge is 2.40. The summed E-state index contributed by atoms with van der Waals surface area (Å²) in [5, 5.41) is 0. The Morgan fingerprint density at radius 2 is 2.10 bits per heavy atom. The van der Waals surface area contributed by atoms with E-state index in [1.165, 1.54) is 25.7 Å². The van der Waals surface area contributed by atoms with E-state index in [9.17, 15) is 0 Å². The third kappa shape index (κ3) is 2.91. The molecule has 4 nitrogen and oxygen atoms in total. The van der Waals surface area contributed by atoms with Crippen LogP contribution >= 0.6 is 15.9 Å². The molecule has 3 atom stereocenters. The van der Waals surface area contributed by atoms with E-state index < -0.39 is 0 Å². The average Bonchev–Trinajstić information content (AvgIpc) is 2.67. The smallest absolute Gasteiger partial charge is 0.0420 e. The van der Waals surface area contributed by atoms with E-state index in [0.29, 0.717) is 12.0 Å². The average molecular weight is 339 g/mol. The van der Waals surface area contributed by atoms with Crippen molar-refractivity contribution < 1.29 is 0 Å². The molecule has 0 aromatic carbocycles. The van der Waals surface area contributed by atoms with E-state index in [-0.39, 0.29) is 0 Å². The number of nitrogens with two attached hydrogens (primary N) is 1. The van der Waals surface area contributed by atoms with Crippen molar-refractivity contribution in [2.45, 2.75) is 50.2 Å². The van der Waals surface area contributed by atoms with Gasteiger partial charge in [-0.1, -0.05) is 0 Å². The maximum Gasteiger partial charge on any atom is 0.0420 e. The summed E-state index contributed by atoms with van der Waals surface area (Å²) in [5.74, 6) is 6.49. The minimum absolute atomic E-state index is 0.334. The number of hydrogen-bond acceptors (Lipinski definition) is 4. The quantitative estimate of drug-likeness (QED) is 0.652. The molecule has 2 saturated heterocycles. The highest BCUT2D eigenvalue weighted by Crippen LogP contribution is 2.39. The molecule has 1 aromatic rings. The SMILES string of the molecule is CN1C2CCC1CC(C(Cc1ccc(Br)cn1)NN)C2. The Labute approximate surface area is 129 Å². The van der Waals surface area contributed by atoms with Crippen LogP contribution in [0.4, 0.5) is 0 Å². The minimum Gasteiger partial charge on any atom is -0.300 e. The summed E-state index contributed by atoms with van der Waals surface area (Å²) in [4.78, 5) is 7.05. The van der Waals surface area contributed by atoms with Crippen molar-refractivity contribution in [2.75, 3.05) is 7.05 Å². The van der Waals surface area contributed by atoms with Crippen LogP contribution in [0.25, 0.3) is 0 Å². The van der Waals surface area contributed by atoms with E-state index in [4.69, 9.17) is 5.84 Å². The van der Waals surface area contributed by atoms with Gasteiger partial charge in [-0.15, -0.1) is 0 Å². The largest absolute Gasteiger partial charge is 0.300 e. The number of hydrogen-bond donors (Lipinski definition) is 2. The van der Waals surface area contributed by atoms with Crippen molar-refractivity contribution >= 4 is 15.9 Å². The lowest BCUT2D eigenvalue weighted by molar-refractivity contribution is 0.112. The first kappa shape index (κ1) is 14.4. The molecule has 20 heavy (non-hydrogen) atoms. The summed E-state index contributed by atoms with van der Waals surface area (Å²) in [6.07, 6.45) is 8.01. The van der Waals surface area contributed by atoms with E-state index in [1.54, 1.807) is 0 Å². The van der Waals surface area contributed by atoms with Gasteiger partial charge in [-0.05, 0) is 66.7 Å². The van der Waals surface area contributed by atoms with Gasteiger partial charge in [0.1, 0.15) is 0 Å². The van der Waals surface area contributed by atoms with Crippen LogP contribution in [0.3, 0.4) is 0 Å². The van der Waals surface area contributed by atoms with Crippen molar-refractivity contribution in [3.05, 3.63) is 28.5 Å². The molecular weight excluding hydrogens is 316 g/mol. The number of aromatic nitrogens is 1. The number of piperidine rings is 1. The van der Waals surface area contributed by atoms with Gasteiger partial charge in [-0.3, -0.25) is 16.3 Å². The number of halogens is 1. The fourth-order valence-corrected chi connectivity index (χ4v) is 4.13. The molecule has 0 spiro atoms. The second-order valence-electron chi connectivity index (χ2n) is 6.23. The van der Waals surface area contributed by atoms with Crippen LogP contribution in [0.15, 0.2) is 22.8 Å². The van der Waals surface area contributed by atoms with Crippen LogP contribution in [0.5, 0.6) is 0 Å². The summed E-state index contributed by atoms with van der Waals surface area (Å²) >= 11 is 3.43. The lowest BCUT2D eigenvalue weighted by Gasteiger charge is -2.39. The number of rotatable bonds is 4. The van der Waals surface area contributed by atoms with Crippen molar-refractivity contribution in [2.24, 2.45) is 11.8 Å². The normalized spacial score (nSPS) is 31.4. The summed E-state index contributed by atoms with van der Waals surface area (Å²) in [7, 11) is 2.28. The predicted molar refractivity (Wildman–Crippen MR) is 84.0 cm³/mol.